The molecule has 1 aliphatic rings. The number of nitrogens with two attached hydrogens (primary N) is 1. The summed E-state index contributed by atoms with van der Waals surface area (Å²) in [6, 6.07) is -0.458. The third-order valence-corrected chi connectivity index (χ3v) is 2.44. The highest BCUT2D eigenvalue weighted by molar-refractivity contribution is 5.80. The van der Waals surface area contributed by atoms with Crippen molar-refractivity contribution in [3.8, 4) is 0 Å². The summed E-state index contributed by atoms with van der Waals surface area (Å²) in [5.41, 5.74) is 4.93. The van der Waals surface area contributed by atoms with Crippen LogP contribution in [0, 0.1) is 5.92 Å². The minimum atomic E-state index is -1.05. The number of carbonyl (C=O) groups is 3. The maximum atomic E-state index is 11.6. The van der Waals surface area contributed by atoms with Crippen LogP contribution >= 0.6 is 0 Å². The van der Waals surface area contributed by atoms with Gasteiger partial charge in [-0.3, -0.25) is 9.59 Å². The number of rotatable bonds is 7. The number of carboxylic acids is 1. The van der Waals surface area contributed by atoms with Gasteiger partial charge in [0.05, 0.1) is 0 Å². The normalized spacial score (nSPS) is 14.1. The molecule has 0 unspecified atom stereocenters. The predicted molar refractivity (Wildman–Crippen MR) is 59.1 cm³/mol. The zero-order chi connectivity index (χ0) is 12.8. The van der Waals surface area contributed by atoms with Gasteiger partial charge in [-0.15, -0.1) is 0 Å². The van der Waals surface area contributed by atoms with E-state index in [-0.39, 0.29) is 19.5 Å². The van der Waals surface area contributed by atoms with Crippen LogP contribution in [0.3, 0.4) is 0 Å². The third kappa shape index (κ3) is 5.74. The topological polar surface area (TPSA) is 113 Å². The van der Waals surface area contributed by atoms with Crippen molar-refractivity contribution >= 4 is 17.9 Å². The molecule has 1 rings (SSSR count). The van der Waals surface area contributed by atoms with Gasteiger partial charge < -0.3 is 21.1 Å². The lowest BCUT2D eigenvalue weighted by Gasteiger charge is -2.20. The van der Waals surface area contributed by atoms with Crippen LogP contribution in [0.25, 0.3) is 0 Å². The molecule has 7 heteroatoms. The summed E-state index contributed by atoms with van der Waals surface area (Å²) in [5.74, 6) is -1.13. The maximum absolute atomic E-state index is 11.6. The Morgan fingerprint density at radius 2 is 2.00 bits per heavy atom. The van der Waals surface area contributed by atoms with Crippen LogP contribution in [0.1, 0.15) is 19.3 Å². The van der Waals surface area contributed by atoms with E-state index in [4.69, 9.17) is 10.8 Å². The first-order valence-electron chi connectivity index (χ1n) is 5.52. The summed E-state index contributed by atoms with van der Waals surface area (Å²) >= 11 is 0. The zero-order valence-corrected chi connectivity index (χ0v) is 9.52. The SMILES string of the molecule is NC(=O)CCNC(=O)N(CC(=O)O)CC1CC1. The standard InChI is InChI=1S/C10H17N3O4/c11-8(14)3-4-12-10(17)13(6-9(15)16)5-7-1-2-7/h7H,1-6H2,(H2,11,14)(H,12,17)(H,15,16). The molecule has 1 saturated carbocycles. The Morgan fingerprint density at radius 3 is 2.47 bits per heavy atom. The van der Waals surface area contributed by atoms with E-state index in [2.05, 4.69) is 5.32 Å². The number of hydrogen-bond acceptors (Lipinski definition) is 3. The molecule has 0 saturated heterocycles. The first-order valence-corrected chi connectivity index (χ1v) is 5.52. The van der Waals surface area contributed by atoms with E-state index in [0.29, 0.717) is 12.5 Å². The fourth-order valence-corrected chi connectivity index (χ4v) is 1.40. The van der Waals surface area contributed by atoms with E-state index in [9.17, 15) is 14.4 Å². The van der Waals surface area contributed by atoms with Gasteiger partial charge in [-0.05, 0) is 18.8 Å². The number of amides is 3. The van der Waals surface area contributed by atoms with E-state index in [1.54, 1.807) is 0 Å². The molecular formula is C10H17N3O4. The summed E-state index contributed by atoms with van der Waals surface area (Å²) in [7, 11) is 0. The number of nitrogens with one attached hydrogen (secondary N) is 1. The Bertz CT molecular complexity index is 315. The number of aliphatic carboxylic acids is 1. The molecule has 0 spiro atoms. The summed E-state index contributed by atoms with van der Waals surface area (Å²) in [4.78, 5) is 34.0. The number of nitrogens with zero attached hydrogens (tertiary/aromatic N) is 1. The van der Waals surface area contributed by atoms with Crippen LogP contribution < -0.4 is 11.1 Å². The van der Waals surface area contributed by atoms with E-state index in [1.807, 2.05) is 0 Å². The maximum Gasteiger partial charge on any atom is 0.323 e. The third-order valence-electron chi connectivity index (χ3n) is 2.44. The second-order valence-electron chi connectivity index (χ2n) is 4.17. The molecule has 1 fully saturated rings. The summed E-state index contributed by atoms with van der Waals surface area (Å²) in [5, 5.41) is 11.2. The Hall–Kier alpha value is -1.79. The van der Waals surface area contributed by atoms with E-state index in [1.165, 1.54) is 4.90 Å². The fourth-order valence-electron chi connectivity index (χ4n) is 1.40. The first-order chi connectivity index (χ1) is 7.99. The van der Waals surface area contributed by atoms with Crippen molar-refractivity contribution in [3.63, 3.8) is 0 Å². The molecule has 0 aromatic heterocycles. The van der Waals surface area contributed by atoms with Crippen LogP contribution in [-0.4, -0.2) is 47.5 Å². The fraction of sp³-hybridized carbons (Fsp3) is 0.700. The number of hydrogen-bond donors (Lipinski definition) is 3. The van der Waals surface area contributed by atoms with Crippen LogP contribution in [0.15, 0.2) is 0 Å². The van der Waals surface area contributed by atoms with Gasteiger partial charge in [0.15, 0.2) is 0 Å². The highest BCUT2D eigenvalue weighted by Crippen LogP contribution is 2.29. The van der Waals surface area contributed by atoms with Crippen LogP contribution in [0.2, 0.25) is 0 Å². The first kappa shape index (κ1) is 13.3. The van der Waals surface area contributed by atoms with Crippen molar-refractivity contribution in [2.75, 3.05) is 19.6 Å². The quantitative estimate of drug-likeness (QED) is 0.552. The highest BCUT2D eigenvalue weighted by atomic mass is 16.4. The molecule has 3 amide bonds. The Kier molecular flexibility index (Phi) is 4.74. The van der Waals surface area contributed by atoms with Crippen LogP contribution in [0.4, 0.5) is 4.79 Å². The second kappa shape index (κ2) is 6.07. The minimum absolute atomic E-state index is 0.0517. The van der Waals surface area contributed by atoms with E-state index in [0.717, 1.165) is 12.8 Å². The van der Waals surface area contributed by atoms with Crippen molar-refractivity contribution in [1.29, 1.82) is 0 Å². The molecule has 0 heterocycles. The molecule has 0 aromatic carbocycles. The molecule has 0 aromatic rings. The molecular weight excluding hydrogens is 226 g/mol. The molecule has 17 heavy (non-hydrogen) atoms. The number of carboxylic acid groups (broad SMARTS) is 1. The average Bonchev–Trinajstić information content (AvgIpc) is 2.99. The van der Waals surface area contributed by atoms with Gasteiger partial charge in [-0.2, -0.15) is 0 Å². The van der Waals surface area contributed by atoms with Gasteiger partial charge in [0.1, 0.15) is 6.54 Å². The summed E-state index contributed by atoms with van der Waals surface area (Å²) in [6.07, 6.45) is 2.12. The van der Waals surface area contributed by atoms with E-state index < -0.39 is 17.9 Å². The molecule has 0 radical (unpaired) electrons. The van der Waals surface area contributed by atoms with Crippen LogP contribution in [0.5, 0.6) is 0 Å². The molecule has 0 aliphatic heterocycles. The van der Waals surface area contributed by atoms with Crippen molar-refractivity contribution in [2.24, 2.45) is 11.7 Å². The predicted octanol–water partition coefficient (Wildman–Crippen LogP) is -0.632. The minimum Gasteiger partial charge on any atom is -0.480 e. The largest absolute Gasteiger partial charge is 0.480 e. The van der Waals surface area contributed by atoms with Gasteiger partial charge in [0.2, 0.25) is 5.91 Å². The van der Waals surface area contributed by atoms with Crippen molar-refractivity contribution in [1.82, 2.24) is 10.2 Å². The average molecular weight is 243 g/mol. The molecule has 4 N–H and O–H groups in total. The van der Waals surface area contributed by atoms with Gasteiger partial charge in [0.25, 0.3) is 0 Å². The Balaban J connectivity index is 2.35. The second-order valence-corrected chi connectivity index (χ2v) is 4.17. The molecule has 0 atom stereocenters. The van der Waals surface area contributed by atoms with Crippen LogP contribution in [-0.2, 0) is 9.59 Å². The van der Waals surface area contributed by atoms with Crippen molar-refractivity contribution in [3.05, 3.63) is 0 Å². The van der Waals surface area contributed by atoms with Gasteiger partial charge in [0, 0.05) is 19.5 Å². The Labute approximate surface area is 98.9 Å². The van der Waals surface area contributed by atoms with E-state index >= 15 is 0 Å². The summed E-state index contributed by atoms with van der Waals surface area (Å²) in [6.45, 7) is 0.266. The number of primary amides is 1. The number of carbonyl (C=O) groups excluding carboxylic acids is 2. The Morgan fingerprint density at radius 1 is 1.35 bits per heavy atom. The lowest BCUT2D eigenvalue weighted by atomic mass is 10.3. The van der Waals surface area contributed by atoms with Gasteiger partial charge in [-0.25, -0.2) is 4.79 Å². The molecule has 96 valence electrons. The van der Waals surface area contributed by atoms with Crippen molar-refractivity contribution < 1.29 is 19.5 Å². The van der Waals surface area contributed by atoms with Gasteiger partial charge in [-0.1, -0.05) is 0 Å². The smallest absolute Gasteiger partial charge is 0.323 e. The molecule has 0 bridgehead atoms. The van der Waals surface area contributed by atoms with Crippen molar-refractivity contribution in [2.45, 2.75) is 19.3 Å². The summed E-state index contributed by atoms with van der Waals surface area (Å²) < 4.78 is 0. The monoisotopic (exact) mass is 243 g/mol. The lowest BCUT2D eigenvalue weighted by molar-refractivity contribution is -0.137. The molecule has 7 nitrogen and oxygen atoms in total. The number of urea groups is 1. The zero-order valence-electron chi connectivity index (χ0n) is 9.52. The highest BCUT2D eigenvalue weighted by Gasteiger charge is 2.27. The van der Waals surface area contributed by atoms with Gasteiger partial charge >= 0.3 is 12.0 Å². The molecule has 1 aliphatic carbocycles. The lowest BCUT2D eigenvalue weighted by Crippen LogP contribution is -2.44.